The highest BCUT2D eigenvalue weighted by Crippen LogP contribution is 2.12. The number of carboxylic acid groups (broad SMARTS) is 1. The Morgan fingerprint density at radius 3 is 1.96 bits per heavy atom. The molecule has 5 heteroatoms. The summed E-state index contributed by atoms with van der Waals surface area (Å²) in [7, 11) is 0. The molecular weight excluding hydrogens is 340 g/mol. The first-order chi connectivity index (χ1) is 13.0. The summed E-state index contributed by atoms with van der Waals surface area (Å²) in [6.45, 7) is 3.98. The van der Waals surface area contributed by atoms with E-state index >= 15 is 0 Å². The zero-order chi connectivity index (χ0) is 19.6. The number of nitrogens with one attached hydrogen (secondary N) is 1. The maximum absolute atomic E-state index is 12.2. The Morgan fingerprint density at radius 2 is 1.44 bits per heavy atom. The number of amides is 1. The van der Waals surface area contributed by atoms with Crippen molar-refractivity contribution in [1.29, 1.82) is 0 Å². The van der Waals surface area contributed by atoms with Gasteiger partial charge in [-0.25, -0.2) is 4.79 Å². The van der Waals surface area contributed by atoms with Crippen molar-refractivity contribution >= 4 is 11.9 Å². The fraction of sp³-hybridized carbons (Fsp3) is 0.273. The highest BCUT2D eigenvalue weighted by atomic mass is 16.4. The number of hydrogen-bond donors (Lipinski definition) is 3. The van der Waals surface area contributed by atoms with Gasteiger partial charge in [0.15, 0.2) is 0 Å². The molecule has 0 radical (unpaired) electrons. The Labute approximate surface area is 159 Å². The van der Waals surface area contributed by atoms with Gasteiger partial charge in [-0.05, 0) is 24.0 Å². The molecule has 0 spiro atoms. The summed E-state index contributed by atoms with van der Waals surface area (Å²) < 4.78 is 0. The van der Waals surface area contributed by atoms with Gasteiger partial charge < -0.3 is 16.2 Å². The van der Waals surface area contributed by atoms with E-state index < -0.39 is 12.0 Å². The first-order valence-electron chi connectivity index (χ1n) is 8.99. The third kappa shape index (κ3) is 7.07. The summed E-state index contributed by atoms with van der Waals surface area (Å²) in [6.07, 6.45) is 1.50. The fourth-order valence-electron chi connectivity index (χ4n) is 2.79. The van der Waals surface area contributed by atoms with E-state index in [1.54, 1.807) is 0 Å². The first kappa shape index (κ1) is 20.4. The quantitative estimate of drug-likeness (QED) is 0.564. The van der Waals surface area contributed by atoms with Gasteiger partial charge in [-0.15, -0.1) is 0 Å². The number of aliphatic carboxylic acids is 1. The summed E-state index contributed by atoms with van der Waals surface area (Å²) >= 11 is 0. The number of nitrogens with two attached hydrogens (primary N) is 1. The Morgan fingerprint density at radius 1 is 0.926 bits per heavy atom. The first-order valence-corrected chi connectivity index (χ1v) is 8.99. The van der Waals surface area contributed by atoms with Gasteiger partial charge in [-0.1, -0.05) is 72.8 Å². The maximum atomic E-state index is 12.2. The molecule has 2 rings (SSSR count). The molecule has 142 valence electrons. The lowest BCUT2D eigenvalue weighted by molar-refractivity contribution is -0.141. The highest BCUT2D eigenvalue weighted by Gasteiger charge is 2.20. The molecule has 0 saturated carbocycles. The van der Waals surface area contributed by atoms with E-state index in [-0.39, 0.29) is 24.8 Å². The van der Waals surface area contributed by atoms with E-state index in [1.165, 1.54) is 0 Å². The topological polar surface area (TPSA) is 92.4 Å². The Balaban J connectivity index is 1.81. The third-order valence-electron chi connectivity index (χ3n) is 4.41. The van der Waals surface area contributed by atoms with Crippen LogP contribution in [0.1, 0.15) is 24.0 Å². The van der Waals surface area contributed by atoms with Crippen LogP contribution in [0.25, 0.3) is 0 Å². The average Bonchev–Trinajstić information content (AvgIpc) is 2.67. The van der Waals surface area contributed by atoms with E-state index in [9.17, 15) is 14.7 Å². The molecule has 0 bridgehead atoms. The van der Waals surface area contributed by atoms with Gasteiger partial charge in [-0.3, -0.25) is 4.79 Å². The Hall–Kier alpha value is -2.92. The van der Waals surface area contributed by atoms with Gasteiger partial charge in [0.05, 0.1) is 0 Å². The molecule has 1 amide bonds. The molecule has 2 atom stereocenters. The van der Waals surface area contributed by atoms with Crippen LogP contribution in [-0.2, 0) is 22.4 Å². The second-order valence-electron chi connectivity index (χ2n) is 6.60. The second-order valence-corrected chi connectivity index (χ2v) is 6.60. The van der Waals surface area contributed by atoms with Gasteiger partial charge >= 0.3 is 5.97 Å². The van der Waals surface area contributed by atoms with Gasteiger partial charge in [0.25, 0.3) is 0 Å². The second kappa shape index (κ2) is 10.3. The summed E-state index contributed by atoms with van der Waals surface area (Å²) in [4.78, 5) is 23.6. The Kier molecular flexibility index (Phi) is 7.77. The molecule has 2 aromatic rings. The molecule has 0 fully saturated rings. The smallest absolute Gasteiger partial charge is 0.326 e. The minimum absolute atomic E-state index is 0.167. The molecule has 0 heterocycles. The van der Waals surface area contributed by atoms with Crippen LogP contribution in [0, 0.1) is 0 Å². The molecule has 0 aromatic heterocycles. The molecule has 2 aromatic carbocycles. The summed E-state index contributed by atoms with van der Waals surface area (Å²) in [5, 5.41) is 11.9. The van der Waals surface area contributed by atoms with E-state index in [2.05, 4.69) is 11.9 Å². The van der Waals surface area contributed by atoms with Crippen LogP contribution < -0.4 is 11.1 Å². The lowest BCUT2D eigenvalue weighted by atomic mass is 9.97. The van der Waals surface area contributed by atoms with Crippen molar-refractivity contribution in [3.8, 4) is 0 Å². The predicted octanol–water partition coefficient (Wildman–Crippen LogP) is 2.70. The minimum Gasteiger partial charge on any atom is -0.480 e. The van der Waals surface area contributed by atoms with Crippen molar-refractivity contribution in [1.82, 2.24) is 5.32 Å². The number of hydrogen-bond acceptors (Lipinski definition) is 3. The fourth-order valence-corrected chi connectivity index (χ4v) is 2.79. The van der Waals surface area contributed by atoms with E-state index in [1.807, 2.05) is 60.7 Å². The Bertz CT molecular complexity index is 760. The molecular formula is C22H26N2O3. The average molecular weight is 366 g/mol. The normalized spacial score (nSPS) is 12.8. The summed E-state index contributed by atoms with van der Waals surface area (Å²) in [5.74, 6) is -1.36. The lowest BCUT2D eigenvalue weighted by Gasteiger charge is -2.17. The van der Waals surface area contributed by atoms with Crippen molar-refractivity contribution in [2.45, 2.75) is 37.8 Å². The zero-order valence-corrected chi connectivity index (χ0v) is 15.3. The van der Waals surface area contributed by atoms with Crippen LogP contribution in [0.5, 0.6) is 0 Å². The number of benzene rings is 2. The van der Waals surface area contributed by atoms with Gasteiger partial charge in [-0.2, -0.15) is 0 Å². The molecule has 0 aliphatic rings. The van der Waals surface area contributed by atoms with Crippen molar-refractivity contribution in [3.05, 3.63) is 83.9 Å². The third-order valence-corrected chi connectivity index (χ3v) is 4.41. The minimum atomic E-state index is -1.05. The van der Waals surface area contributed by atoms with Gasteiger partial charge in [0, 0.05) is 18.9 Å². The van der Waals surface area contributed by atoms with Crippen molar-refractivity contribution in [2.24, 2.45) is 5.73 Å². The molecule has 0 aliphatic heterocycles. The zero-order valence-electron chi connectivity index (χ0n) is 15.3. The van der Waals surface area contributed by atoms with Gasteiger partial charge in [0.1, 0.15) is 6.04 Å². The number of rotatable bonds is 10. The molecule has 27 heavy (non-hydrogen) atoms. The SMILES string of the molecule is C=C(CCC(=O)N[C@@H](Cc1ccccc1)C(=O)O)[C@@H](N)Cc1ccccc1. The molecule has 0 saturated heterocycles. The monoisotopic (exact) mass is 366 g/mol. The van der Waals surface area contributed by atoms with Crippen LogP contribution >= 0.6 is 0 Å². The number of carbonyl (C=O) groups excluding carboxylic acids is 1. The highest BCUT2D eigenvalue weighted by molar-refractivity contribution is 5.83. The molecule has 5 nitrogen and oxygen atoms in total. The van der Waals surface area contributed by atoms with E-state index in [0.717, 1.165) is 16.7 Å². The van der Waals surface area contributed by atoms with Crippen molar-refractivity contribution < 1.29 is 14.7 Å². The van der Waals surface area contributed by atoms with Crippen molar-refractivity contribution in [2.75, 3.05) is 0 Å². The van der Waals surface area contributed by atoms with Crippen LogP contribution in [0.15, 0.2) is 72.8 Å². The van der Waals surface area contributed by atoms with Crippen LogP contribution in [-0.4, -0.2) is 29.1 Å². The molecule has 4 N–H and O–H groups in total. The molecule has 0 aliphatic carbocycles. The standard InChI is InChI=1S/C22H26N2O3/c1-16(19(23)14-17-8-4-2-5-9-17)12-13-21(25)24-20(22(26)27)15-18-10-6-3-7-11-18/h2-11,19-20H,1,12-15,23H2,(H,24,25)(H,26,27)/t19-,20-/m0/s1. The van der Waals surface area contributed by atoms with Crippen molar-refractivity contribution in [3.63, 3.8) is 0 Å². The molecule has 0 unspecified atom stereocenters. The summed E-state index contributed by atoms with van der Waals surface area (Å²) in [5.41, 5.74) is 8.92. The van der Waals surface area contributed by atoms with E-state index in [0.29, 0.717) is 12.8 Å². The maximum Gasteiger partial charge on any atom is 0.326 e. The lowest BCUT2D eigenvalue weighted by Crippen LogP contribution is -2.42. The van der Waals surface area contributed by atoms with Crippen LogP contribution in [0.3, 0.4) is 0 Å². The van der Waals surface area contributed by atoms with Crippen LogP contribution in [0.2, 0.25) is 0 Å². The van der Waals surface area contributed by atoms with E-state index in [4.69, 9.17) is 5.73 Å². The summed E-state index contributed by atoms with van der Waals surface area (Å²) in [6, 6.07) is 17.9. The number of carboxylic acids is 1. The van der Waals surface area contributed by atoms with Crippen LogP contribution in [0.4, 0.5) is 0 Å². The predicted molar refractivity (Wildman–Crippen MR) is 106 cm³/mol. The largest absolute Gasteiger partial charge is 0.480 e. The van der Waals surface area contributed by atoms with Gasteiger partial charge in [0.2, 0.25) is 5.91 Å². The number of carbonyl (C=O) groups is 2.